The molecule has 1 aromatic carbocycles. The lowest BCUT2D eigenvalue weighted by molar-refractivity contribution is -0.111. The summed E-state index contributed by atoms with van der Waals surface area (Å²) in [6, 6.07) is 11.2. The van der Waals surface area contributed by atoms with E-state index in [1.54, 1.807) is 36.5 Å². The molecule has 108 valence electrons. The van der Waals surface area contributed by atoms with Gasteiger partial charge in [-0.3, -0.25) is 4.79 Å². The van der Waals surface area contributed by atoms with Crippen molar-refractivity contribution in [2.75, 3.05) is 11.6 Å². The van der Waals surface area contributed by atoms with Crippen LogP contribution in [0.3, 0.4) is 0 Å². The van der Waals surface area contributed by atoms with Crippen molar-refractivity contribution in [3.8, 4) is 0 Å². The second-order valence-electron chi connectivity index (χ2n) is 4.44. The Morgan fingerprint density at radius 1 is 1.14 bits per heavy atom. The first-order valence-electron chi connectivity index (χ1n) is 6.10. The van der Waals surface area contributed by atoms with Crippen LogP contribution in [0.25, 0.3) is 5.57 Å². The zero-order chi connectivity index (χ0) is 15.5. The highest BCUT2D eigenvalue weighted by Crippen LogP contribution is 2.17. The molecule has 0 saturated carbocycles. The van der Waals surface area contributed by atoms with Gasteiger partial charge in [0.15, 0.2) is 9.84 Å². The SMILES string of the molecule is C=C(C(=O)Nc1ccccn1)c1ccc(S(C)(=O)=O)cc1. The van der Waals surface area contributed by atoms with Crippen LogP contribution in [0, 0.1) is 0 Å². The van der Waals surface area contributed by atoms with Gasteiger partial charge in [-0.15, -0.1) is 0 Å². The Bertz CT molecular complexity index is 766. The summed E-state index contributed by atoms with van der Waals surface area (Å²) in [6.07, 6.45) is 2.70. The zero-order valence-corrected chi connectivity index (χ0v) is 12.2. The molecule has 2 aromatic rings. The largest absolute Gasteiger partial charge is 0.307 e. The molecule has 0 aliphatic carbocycles. The maximum absolute atomic E-state index is 12.0. The van der Waals surface area contributed by atoms with Crippen molar-refractivity contribution in [1.29, 1.82) is 0 Å². The Morgan fingerprint density at radius 2 is 1.81 bits per heavy atom. The minimum absolute atomic E-state index is 0.198. The van der Waals surface area contributed by atoms with E-state index < -0.39 is 9.84 Å². The third-order valence-corrected chi connectivity index (χ3v) is 3.94. The van der Waals surface area contributed by atoms with Gasteiger partial charge >= 0.3 is 0 Å². The predicted molar refractivity (Wildman–Crippen MR) is 81.5 cm³/mol. The maximum atomic E-state index is 12.0. The minimum atomic E-state index is -3.25. The van der Waals surface area contributed by atoms with Gasteiger partial charge in [0, 0.05) is 18.0 Å². The van der Waals surface area contributed by atoms with E-state index >= 15 is 0 Å². The topological polar surface area (TPSA) is 76.1 Å². The van der Waals surface area contributed by atoms with E-state index in [0.717, 1.165) is 6.26 Å². The highest BCUT2D eigenvalue weighted by Gasteiger charge is 2.12. The summed E-state index contributed by atoms with van der Waals surface area (Å²) in [6.45, 7) is 3.72. The Kier molecular flexibility index (Phi) is 4.18. The van der Waals surface area contributed by atoms with Crippen LogP contribution < -0.4 is 5.32 Å². The number of nitrogens with zero attached hydrogens (tertiary/aromatic N) is 1. The standard InChI is InChI=1S/C15H14N2O3S/c1-11(15(18)17-14-5-3-4-10-16-14)12-6-8-13(9-7-12)21(2,19)20/h3-10H,1H2,2H3,(H,16,17,18). The number of anilines is 1. The highest BCUT2D eigenvalue weighted by molar-refractivity contribution is 7.90. The maximum Gasteiger partial charge on any atom is 0.256 e. The number of benzene rings is 1. The van der Waals surface area contributed by atoms with Crippen LogP contribution in [-0.4, -0.2) is 25.6 Å². The Hall–Kier alpha value is -2.47. The van der Waals surface area contributed by atoms with Crippen LogP contribution in [0.15, 0.2) is 60.1 Å². The number of rotatable bonds is 4. The molecule has 1 amide bonds. The van der Waals surface area contributed by atoms with Crippen molar-refractivity contribution in [3.05, 3.63) is 60.8 Å². The van der Waals surface area contributed by atoms with Crippen molar-refractivity contribution >= 4 is 27.1 Å². The second-order valence-corrected chi connectivity index (χ2v) is 6.46. The van der Waals surface area contributed by atoms with Crippen LogP contribution in [0.1, 0.15) is 5.56 Å². The molecule has 5 nitrogen and oxygen atoms in total. The molecule has 21 heavy (non-hydrogen) atoms. The van der Waals surface area contributed by atoms with Crippen LogP contribution >= 0.6 is 0 Å². The number of carbonyl (C=O) groups excluding carboxylic acids is 1. The fraction of sp³-hybridized carbons (Fsp3) is 0.0667. The molecular weight excluding hydrogens is 288 g/mol. The molecule has 1 heterocycles. The number of carbonyl (C=O) groups is 1. The minimum Gasteiger partial charge on any atom is -0.307 e. The summed E-state index contributed by atoms with van der Waals surface area (Å²) in [4.78, 5) is 16.2. The summed E-state index contributed by atoms with van der Waals surface area (Å²) in [5, 5.41) is 2.62. The molecule has 0 radical (unpaired) electrons. The van der Waals surface area contributed by atoms with E-state index in [0.29, 0.717) is 11.4 Å². The Labute approximate surface area is 123 Å². The van der Waals surface area contributed by atoms with Gasteiger partial charge in [-0.05, 0) is 29.8 Å². The lowest BCUT2D eigenvalue weighted by atomic mass is 10.1. The molecule has 0 saturated heterocycles. The van der Waals surface area contributed by atoms with Gasteiger partial charge in [0.2, 0.25) is 0 Å². The second kappa shape index (κ2) is 5.88. The van der Waals surface area contributed by atoms with Gasteiger partial charge in [-0.25, -0.2) is 13.4 Å². The number of hydrogen-bond acceptors (Lipinski definition) is 4. The number of hydrogen-bond donors (Lipinski definition) is 1. The summed E-state index contributed by atoms with van der Waals surface area (Å²) < 4.78 is 22.8. The van der Waals surface area contributed by atoms with Gasteiger partial charge in [-0.2, -0.15) is 0 Å². The number of aromatic nitrogens is 1. The quantitative estimate of drug-likeness (QED) is 0.878. The molecular formula is C15H14N2O3S. The molecule has 0 bridgehead atoms. The lowest BCUT2D eigenvalue weighted by Crippen LogP contribution is -2.13. The third-order valence-electron chi connectivity index (χ3n) is 2.81. The summed E-state index contributed by atoms with van der Waals surface area (Å²) in [5.74, 6) is 0.0391. The van der Waals surface area contributed by atoms with Crippen molar-refractivity contribution in [2.24, 2.45) is 0 Å². The average molecular weight is 302 g/mol. The highest BCUT2D eigenvalue weighted by atomic mass is 32.2. The number of nitrogens with one attached hydrogen (secondary N) is 1. The monoisotopic (exact) mass is 302 g/mol. The van der Waals surface area contributed by atoms with Crippen LogP contribution in [-0.2, 0) is 14.6 Å². The van der Waals surface area contributed by atoms with E-state index in [1.807, 2.05) is 0 Å². The van der Waals surface area contributed by atoms with Crippen molar-refractivity contribution in [2.45, 2.75) is 4.90 Å². The molecule has 0 aliphatic heterocycles. The molecule has 6 heteroatoms. The van der Waals surface area contributed by atoms with Gasteiger partial charge in [0.1, 0.15) is 5.82 Å². The van der Waals surface area contributed by atoms with E-state index in [9.17, 15) is 13.2 Å². The summed E-state index contributed by atoms with van der Waals surface area (Å²) in [5.41, 5.74) is 0.788. The fourth-order valence-corrected chi connectivity index (χ4v) is 2.29. The van der Waals surface area contributed by atoms with Crippen molar-refractivity contribution in [1.82, 2.24) is 4.98 Å². The average Bonchev–Trinajstić information content (AvgIpc) is 2.46. The molecule has 0 spiro atoms. The van der Waals surface area contributed by atoms with Crippen LogP contribution in [0.5, 0.6) is 0 Å². The molecule has 1 aromatic heterocycles. The Balaban J connectivity index is 2.15. The molecule has 0 atom stereocenters. The lowest BCUT2D eigenvalue weighted by Gasteiger charge is -2.07. The van der Waals surface area contributed by atoms with Gasteiger partial charge in [-0.1, -0.05) is 24.8 Å². The molecule has 1 N–H and O–H groups in total. The zero-order valence-electron chi connectivity index (χ0n) is 11.4. The molecule has 2 rings (SSSR count). The van der Waals surface area contributed by atoms with Gasteiger partial charge in [0.05, 0.1) is 4.90 Å². The molecule has 0 unspecified atom stereocenters. The number of sulfone groups is 1. The molecule has 0 fully saturated rings. The van der Waals surface area contributed by atoms with Gasteiger partial charge < -0.3 is 5.32 Å². The van der Waals surface area contributed by atoms with E-state index in [1.165, 1.54) is 12.1 Å². The van der Waals surface area contributed by atoms with Crippen molar-refractivity contribution < 1.29 is 13.2 Å². The molecule has 0 aliphatic rings. The first-order valence-corrected chi connectivity index (χ1v) is 7.99. The van der Waals surface area contributed by atoms with Crippen LogP contribution in [0.4, 0.5) is 5.82 Å². The van der Waals surface area contributed by atoms with E-state index in [2.05, 4.69) is 16.9 Å². The van der Waals surface area contributed by atoms with Gasteiger partial charge in [0.25, 0.3) is 5.91 Å². The predicted octanol–water partition coefficient (Wildman–Crippen LogP) is 2.14. The smallest absolute Gasteiger partial charge is 0.256 e. The number of pyridine rings is 1. The van der Waals surface area contributed by atoms with E-state index in [-0.39, 0.29) is 16.4 Å². The normalized spacial score (nSPS) is 10.9. The summed E-state index contributed by atoms with van der Waals surface area (Å²) in [7, 11) is -3.25. The first kappa shape index (κ1) is 14.9. The van der Waals surface area contributed by atoms with Crippen LogP contribution in [0.2, 0.25) is 0 Å². The third kappa shape index (κ3) is 3.76. The van der Waals surface area contributed by atoms with Crippen molar-refractivity contribution in [3.63, 3.8) is 0 Å². The van der Waals surface area contributed by atoms with E-state index in [4.69, 9.17) is 0 Å². The first-order chi connectivity index (χ1) is 9.88. The fourth-order valence-electron chi connectivity index (χ4n) is 1.66. The number of amides is 1. The Morgan fingerprint density at radius 3 is 2.33 bits per heavy atom. The summed E-state index contributed by atoms with van der Waals surface area (Å²) >= 11 is 0.